The van der Waals surface area contributed by atoms with E-state index in [0.29, 0.717) is 25.0 Å². The van der Waals surface area contributed by atoms with E-state index < -0.39 is 12.7 Å². The van der Waals surface area contributed by atoms with Gasteiger partial charge in [0.2, 0.25) is 0 Å². The van der Waals surface area contributed by atoms with E-state index in [1.807, 2.05) is 20.9 Å². The quantitative estimate of drug-likeness (QED) is 0.660. The lowest BCUT2D eigenvalue weighted by atomic mass is 10.0. The molecule has 0 fully saturated rings. The van der Waals surface area contributed by atoms with Crippen molar-refractivity contribution in [1.29, 1.82) is 0 Å². The van der Waals surface area contributed by atoms with Crippen molar-refractivity contribution < 1.29 is 13.2 Å². The van der Waals surface area contributed by atoms with E-state index >= 15 is 0 Å². The van der Waals surface area contributed by atoms with Gasteiger partial charge in [0.05, 0.1) is 6.54 Å². The van der Waals surface area contributed by atoms with Crippen molar-refractivity contribution in [2.45, 2.75) is 59.7 Å². The van der Waals surface area contributed by atoms with Gasteiger partial charge in [0, 0.05) is 19.1 Å². The fourth-order valence-electron chi connectivity index (χ4n) is 1.73. The molecule has 124 valence electrons. The molecule has 0 bridgehead atoms. The summed E-state index contributed by atoms with van der Waals surface area (Å²) in [5, 5.41) is 0. The molecule has 0 saturated heterocycles. The predicted octanol–water partition coefficient (Wildman–Crippen LogP) is 4.26. The molecule has 0 heterocycles. The maximum Gasteiger partial charge on any atom is 0.401 e. The second-order valence-electron chi connectivity index (χ2n) is 5.65. The molecule has 20 heavy (non-hydrogen) atoms. The van der Waals surface area contributed by atoms with Crippen LogP contribution in [0.1, 0.15) is 47.5 Å². The van der Waals surface area contributed by atoms with E-state index in [1.54, 1.807) is 0 Å². The van der Waals surface area contributed by atoms with Crippen LogP contribution in [0.4, 0.5) is 13.2 Å². The molecule has 0 saturated carbocycles. The fraction of sp³-hybridized carbons (Fsp3) is 1.00. The van der Waals surface area contributed by atoms with Gasteiger partial charge < -0.3 is 4.90 Å². The van der Waals surface area contributed by atoms with Crippen LogP contribution < -0.4 is 0 Å². The zero-order chi connectivity index (χ0) is 16.3. The maximum atomic E-state index is 12.1. The van der Waals surface area contributed by atoms with Gasteiger partial charge in [-0.1, -0.05) is 27.7 Å². The molecule has 0 aliphatic heterocycles. The summed E-state index contributed by atoms with van der Waals surface area (Å²) < 4.78 is 36.4. The van der Waals surface area contributed by atoms with E-state index in [-0.39, 0.29) is 0 Å². The van der Waals surface area contributed by atoms with Crippen LogP contribution in [-0.4, -0.2) is 55.7 Å². The first-order valence-electron chi connectivity index (χ1n) is 7.57. The lowest BCUT2D eigenvalue weighted by Gasteiger charge is -2.28. The number of hydrogen-bond acceptors (Lipinski definition) is 2. The smallest absolute Gasteiger partial charge is 0.302 e. The number of alkyl halides is 3. The van der Waals surface area contributed by atoms with Crippen LogP contribution in [-0.2, 0) is 0 Å². The minimum atomic E-state index is -4.10. The number of halogens is 3. The van der Waals surface area contributed by atoms with Crippen LogP contribution in [0.15, 0.2) is 0 Å². The summed E-state index contributed by atoms with van der Waals surface area (Å²) in [6.45, 7) is 10.8. The van der Waals surface area contributed by atoms with E-state index in [2.05, 4.69) is 25.7 Å². The van der Waals surface area contributed by atoms with E-state index in [4.69, 9.17) is 0 Å². The van der Waals surface area contributed by atoms with Gasteiger partial charge in [-0.3, -0.25) is 4.90 Å². The average molecular weight is 298 g/mol. The number of likely N-dealkylation sites (N-methyl/N-ethyl adjacent to an activating group) is 2. The Bertz CT molecular complexity index is 218. The van der Waals surface area contributed by atoms with Crippen LogP contribution in [0.25, 0.3) is 0 Å². The van der Waals surface area contributed by atoms with Crippen molar-refractivity contribution in [2.75, 3.05) is 33.7 Å². The van der Waals surface area contributed by atoms with Gasteiger partial charge in [0.15, 0.2) is 0 Å². The van der Waals surface area contributed by atoms with E-state index in [0.717, 1.165) is 12.8 Å². The van der Waals surface area contributed by atoms with Crippen molar-refractivity contribution >= 4 is 0 Å². The van der Waals surface area contributed by atoms with Crippen LogP contribution >= 0.6 is 0 Å². The Balaban J connectivity index is 0. The summed E-state index contributed by atoms with van der Waals surface area (Å²) in [5.74, 6) is 0.675. The highest BCUT2D eigenvalue weighted by molar-refractivity contribution is 4.67. The highest BCUT2D eigenvalue weighted by atomic mass is 19.4. The van der Waals surface area contributed by atoms with E-state index in [9.17, 15) is 13.2 Å². The summed E-state index contributed by atoms with van der Waals surface area (Å²) >= 11 is 0. The molecular formula is C15H33F3N2. The lowest BCUT2D eigenvalue weighted by molar-refractivity contribution is -0.143. The van der Waals surface area contributed by atoms with Crippen LogP contribution in [0.2, 0.25) is 0 Å². The third-order valence-electron chi connectivity index (χ3n) is 3.20. The molecule has 1 atom stereocenters. The molecular weight excluding hydrogens is 265 g/mol. The molecule has 5 heteroatoms. The molecule has 1 unspecified atom stereocenters. The second kappa shape index (κ2) is 11.4. The molecule has 0 aromatic carbocycles. The van der Waals surface area contributed by atoms with Gasteiger partial charge >= 0.3 is 6.18 Å². The predicted molar refractivity (Wildman–Crippen MR) is 81.1 cm³/mol. The van der Waals surface area contributed by atoms with Gasteiger partial charge in [-0.05, 0) is 39.8 Å². The van der Waals surface area contributed by atoms with Gasteiger partial charge in [-0.2, -0.15) is 13.2 Å². The average Bonchev–Trinajstić information content (AvgIpc) is 2.33. The first-order chi connectivity index (χ1) is 9.11. The largest absolute Gasteiger partial charge is 0.401 e. The van der Waals surface area contributed by atoms with Crippen molar-refractivity contribution in [3.05, 3.63) is 0 Å². The lowest BCUT2D eigenvalue weighted by Crippen LogP contribution is -2.39. The van der Waals surface area contributed by atoms with Gasteiger partial charge in [-0.15, -0.1) is 0 Å². The van der Waals surface area contributed by atoms with E-state index in [1.165, 1.54) is 11.9 Å². The molecule has 0 aromatic rings. The van der Waals surface area contributed by atoms with Crippen LogP contribution in [0, 0.1) is 5.92 Å². The monoisotopic (exact) mass is 298 g/mol. The molecule has 0 amide bonds. The highest BCUT2D eigenvalue weighted by Gasteiger charge is 2.29. The topological polar surface area (TPSA) is 6.48 Å². The molecule has 0 radical (unpaired) electrons. The molecule has 2 nitrogen and oxygen atoms in total. The Kier molecular flexibility index (Phi) is 12.5. The zero-order valence-corrected chi connectivity index (χ0v) is 14.2. The summed E-state index contributed by atoms with van der Waals surface area (Å²) in [5.41, 5.74) is 0. The minimum absolute atomic E-state index is 0.423. The van der Waals surface area contributed by atoms with Crippen molar-refractivity contribution in [3.8, 4) is 0 Å². The Morgan fingerprint density at radius 2 is 1.40 bits per heavy atom. The fourth-order valence-corrected chi connectivity index (χ4v) is 1.73. The normalized spacial score (nSPS) is 13.7. The van der Waals surface area contributed by atoms with Crippen molar-refractivity contribution in [3.63, 3.8) is 0 Å². The zero-order valence-electron chi connectivity index (χ0n) is 14.2. The molecule has 0 aliphatic rings. The second-order valence-corrected chi connectivity index (χ2v) is 5.65. The Morgan fingerprint density at radius 1 is 0.900 bits per heavy atom. The maximum absolute atomic E-state index is 12.1. The Morgan fingerprint density at radius 3 is 1.80 bits per heavy atom. The third-order valence-corrected chi connectivity index (χ3v) is 3.20. The Hall–Kier alpha value is -0.290. The number of rotatable bonds is 8. The van der Waals surface area contributed by atoms with Gasteiger partial charge in [-0.25, -0.2) is 0 Å². The first kappa shape index (κ1) is 22.0. The molecule has 0 spiro atoms. The number of nitrogens with zero attached hydrogens (tertiary/aromatic N) is 2. The summed E-state index contributed by atoms with van der Waals surface area (Å²) in [4.78, 5) is 3.46. The molecule has 0 N–H and O–H groups in total. The standard InChI is InChI=1S/C13H27F3N2.C2H6/c1-11(2)6-7-12(3)18(5)9-8-17(4)10-13(14,15)16;1-2/h11-12H,6-10H2,1-5H3;1-2H3. The van der Waals surface area contributed by atoms with Crippen molar-refractivity contribution in [1.82, 2.24) is 9.80 Å². The summed E-state index contributed by atoms with van der Waals surface area (Å²) in [7, 11) is 3.49. The molecule has 0 aromatic heterocycles. The Labute approximate surface area is 123 Å². The first-order valence-corrected chi connectivity index (χ1v) is 7.57. The number of hydrogen-bond donors (Lipinski definition) is 0. The minimum Gasteiger partial charge on any atom is -0.302 e. The SMILES string of the molecule is CC.CC(C)CCC(C)N(C)CCN(C)CC(F)(F)F. The van der Waals surface area contributed by atoms with Gasteiger partial charge in [0.1, 0.15) is 0 Å². The summed E-state index contributed by atoms with van der Waals surface area (Å²) in [6, 6.07) is 0.423. The molecule has 0 rings (SSSR count). The third kappa shape index (κ3) is 14.1. The van der Waals surface area contributed by atoms with Gasteiger partial charge in [0.25, 0.3) is 0 Å². The summed E-state index contributed by atoms with van der Waals surface area (Å²) in [6.07, 6.45) is -1.85. The molecule has 0 aliphatic carbocycles. The van der Waals surface area contributed by atoms with Crippen LogP contribution in [0.3, 0.4) is 0 Å². The highest BCUT2D eigenvalue weighted by Crippen LogP contribution is 2.15. The van der Waals surface area contributed by atoms with Crippen LogP contribution in [0.5, 0.6) is 0 Å². The van der Waals surface area contributed by atoms with Crippen molar-refractivity contribution in [2.24, 2.45) is 5.92 Å².